The third kappa shape index (κ3) is 3.08. The highest BCUT2D eigenvalue weighted by Crippen LogP contribution is 2.46. The van der Waals surface area contributed by atoms with Gasteiger partial charge < -0.3 is 9.80 Å². The molecule has 23 heavy (non-hydrogen) atoms. The van der Waals surface area contributed by atoms with E-state index in [0.29, 0.717) is 5.41 Å². The average molecular weight is 313 g/mol. The number of rotatable bonds is 3. The normalized spacial score (nSPS) is 28.1. The SMILES string of the molecule is CN1CCCCC1CCN1CCC2(CCc3ccccc32)CC1. The van der Waals surface area contributed by atoms with E-state index in [-0.39, 0.29) is 0 Å². The number of hydrogen-bond acceptors (Lipinski definition) is 2. The highest BCUT2D eigenvalue weighted by molar-refractivity contribution is 5.39. The zero-order valence-electron chi connectivity index (χ0n) is 14.8. The molecule has 126 valence electrons. The fourth-order valence-electron chi connectivity index (χ4n) is 5.33. The molecule has 0 aromatic heterocycles. The molecule has 1 aliphatic carbocycles. The van der Waals surface area contributed by atoms with E-state index in [1.54, 1.807) is 11.1 Å². The predicted molar refractivity (Wildman–Crippen MR) is 97.0 cm³/mol. The van der Waals surface area contributed by atoms with Crippen LogP contribution in [-0.2, 0) is 11.8 Å². The van der Waals surface area contributed by atoms with Crippen molar-refractivity contribution in [3.63, 3.8) is 0 Å². The third-order valence-corrected chi connectivity index (χ3v) is 6.97. The van der Waals surface area contributed by atoms with Crippen molar-refractivity contribution in [2.75, 3.05) is 33.2 Å². The number of aryl methyl sites for hydroxylation is 1. The molecule has 0 saturated carbocycles. The highest BCUT2D eigenvalue weighted by Gasteiger charge is 2.40. The fourth-order valence-corrected chi connectivity index (χ4v) is 5.33. The molecule has 2 heteroatoms. The Labute approximate surface area is 141 Å². The summed E-state index contributed by atoms with van der Waals surface area (Å²) in [6.07, 6.45) is 11.1. The van der Waals surface area contributed by atoms with Crippen molar-refractivity contribution in [3.8, 4) is 0 Å². The molecule has 2 saturated heterocycles. The first kappa shape index (κ1) is 15.7. The molecular formula is C21H32N2. The summed E-state index contributed by atoms with van der Waals surface area (Å²) in [5.74, 6) is 0. The van der Waals surface area contributed by atoms with Crippen molar-refractivity contribution in [3.05, 3.63) is 35.4 Å². The average Bonchev–Trinajstić information content (AvgIpc) is 2.95. The van der Waals surface area contributed by atoms with Crippen LogP contribution in [0, 0.1) is 0 Å². The van der Waals surface area contributed by atoms with Gasteiger partial charge in [0.1, 0.15) is 0 Å². The number of piperidine rings is 2. The second kappa shape index (κ2) is 6.57. The maximum Gasteiger partial charge on any atom is 0.0104 e. The largest absolute Gasteiger partial charge is 0.303 e. The lowest BCUT2D eigenvalue weighted by molar-refractivity contribution is 0.123. The predicted octanol–water partition coefficient (Wildman–Crippen LogP) is 3.84. The van der Waals surface area contributed by atoms with E-state index in [2.05, 4.69) is 41.1 Å². The minimum Gasteiger partial charge on any atom is -0.303 e. The summed E-state index contributed by atoms with van der Waals surface area (Å²) in [5.41, 5.74) is 3.84. The Morgan fingerprint density at radius 1 is 1.04 bits per heavy atom. The number of nitrogens with zero attached hydrogens (tertiary/aromatic N) is 2. The number of hydrogen-bond donors (Lipinski definition) is 0. The number of likely N-dealkylation sites (tertiary alicyclic amines) is 2. The Kier molecular flexibility index (Phi) is 4.47. The summed E-state index contributed by atoms with van der Waals surface area (Å²) in [6, 6.07) is 10.1. The summed E-state index contributed by atoms with van der Waals surface area (Å²) in [6.45, 7) is 5.24. The van der Waals surface area contributed by atoms with Crippen molar-refractivity contribution in [1.82, 2.24) is 9.80 Å². The molecule has 1 unspecified atom stereocenters. The van der Waals surface area contributed by atoms with E-state index in [0.717, 1.165) is 6.04 Å². The van der Waals surface area contributed by atoms with Crippen LogP contribution in [0.5, 0.6) is 0 Å². The van der Waals surface area contributed by atoms with Crippen molar-refractivity contribution < 1.29 is 0 Å². The second-order valence-corrected chi connectivity index (χ2v) is 8.20. The number of fused-ring (bicyclic) bond motifs is 2. The molecule has 0 N–H and O–H groups in total. The van der Waals surface area contributed by atoms with Crippen LogP contribution >= 0.6 is 0 Å². The number of benzene rings is 1. The van der Waals surface area contributed by atoms with Gasteiger partial charge in [0.25, 0.3) is 0 Å². The van der Waals surface area contributed by atoms with Crippen molar-refractivity contribution in [1.29, 1.82) is 0 Å². The van der Waals surface area contributed by atoms with Crippen molar-refractivity contribution in [2.24, 2.45) is 0 Å². The van der Waals surface area contributed by atoms with Crippen LogP contribution < -0.4 is 0 Å². The first-order valence-electron chi connectivity index (χ1n) is 9.78. The molecule has 3 aliphatic rings. The van der Waals surface area contributed by atoms with Gasteiger partial charge in [-0.3, -0.25) is 0 Å². The second-order valence-electron chi connectivity index (χ2n) is 8.20. The van der Waals surface area contributed by atoms with Crippen LogP contribution in [0.4, 0.5) is 0 Å². The Balaban J connectivity index is 1.32. The quantitative estimate of drug-likeness (QED) is 0.836. The Hall–Kier alpha value is -0.860. The molecule has 2 aliphatic heterocycles. The minimum absolute atomic E-state index is 0.523. The Morgan fingerprint density at radius 3 is 2.70 bits per heavy atom. The van der Waals surface area contributed by atoms with Crippen LogP contribution in [-0.4, -0.2) is 49.1 Å². The Bertz CT molecular complexity index is 530. The Morgan fingerprint density at radius 2 is 1.87 bits per heavy atom. The maximum atomic E-state index is 2.74. The van der Waals surface area contributed by atoms with Crippen LogP contribution in [0.2, 0.25) is 0 Å². The van der Waals surface area contributed by atoms with Gasteiger partial charge in [-0.2, -0.15) is 0 Å². The molecule has 1 aromatic carbocycles. The van der Waals surface area contributed by atoms with Gasteiger partial charge in [0.05, 0.1) is 0 Å². The lowest BCUT2D eigenvalue weighted by atomic mass is 9.74. The monoisotopic (exact) mass is 312 g/mol. The zero-order valence-corrected chi connectivity index (χ0v) is 14.8. The van der Waals surface area contributed by atoms with Gasteiger partial charge in [-0.05, 0) is 94.7 Å². The molecule has 1 spiro atoms. The van der Waals surface area contributed by atoms with Gasteiger partial charge in [-0.15, -0.1) is 0 Å². The van der Waals surface area contributed by atoms with E-state index in [9.17, 15) is 0 Å². The van der Waals surface area contributed by atoms with Gasteiger partial charge in [0, 0.05) is 6.04 Å². The lowest BCUT2D eigenvalue weighted by Crippen LogP contribution is -2.44. The van der Waals surface area contributed by atoms with Gasteiger partial charge in [0.15, 0.2) is 0 Å². The topological polar surface area (TPSA) is 6.48 Å². The van der Waals surface area contributed by atoms with Crippen molar-refractivity contribution >= 4 is 0 Å². The zero-order chi connectivity index (χ0) is 15.7. The summed E-state index contributed by atoms with van der Waals surface area (Å²) >= 11 is 0. The standard InChI is InChI=1S/C21H32N2/c1-22-14-5-4-7-19(22)10-15-23-16-12-21(13-17-23)11-9-18-6-2-3-8-20(18)21/h2-3,6,8,19H,4-5,7,9-17H2,1H3. The van der Waals surface area contributed by atoms with Crippen LogP contribution in [0.3, 0.4) is 0 Å². The van der Waals surface area contributed by atoms with E-state index in [1.165, 1.54) is 77.5 Å². The molecule has 0 bridgehead atoms. The molecule has 1 atom stereocenters. The van der Waals surface area contributed by atoms with Crippen molar-refractivity contribution in [2.45, 2.75) is 62.8 Å². The molecular weight excluding hydrogens is 280 g/mol. The molecule has 4 rings (SSSR count). The van der Waals surface area contributed by atoms with Crippen LogP contribution in [0.1, 0.15) is 56.1 Å². The molecule has 2 fully saturated rings. The maximum absolute atomic E-state index is 2.74. The van der Waals surface area contributed by atoms with Gasteiger partial charge in [-0.25, -0.2) is 0 Å². The van der Waals surface area contributed by atoms with E-state index in [4.69, 9.17) is 0 Å². The molecule has 2 nitrogen and oxygen atoms in total. The van der Waals surface area contributed by atoms with Gasteiger partial charge in [0.2, 0.25) is 0 Å². The first-order valence-corrected chi connectivity index (χ1v) is 9.78. The van der Waals surface area contributed by atoms with Crippen LogP contribution in [0.15, 0.2) is 24.3 Å². The molecule has 0 radical (unpaired) electrons. The fraction of sp³-hybridized carbons (Fsp3) is 0.714. The smallest absolute Gasteiger partial charge is 0.0104 e. The van der Waals surface area contributed by atoms with Gasteiger partial charge in [-0.1, -0.05) is 30.7 Å². The molecule has 0 amide bonds. The lowest BCUT2D eigenvalue weighted by Gasteiger charge is -2.41. The van der Waals surface area contributed by atoms with E-state index in [1.807, 2.05) is 0 Å². The van der Waals surface area contributed by atoms with E-state index >= 15 is 0 Å². The first-order chi connectivity index (χ1) is 11.3. The molecule has 1 aromatic rings. The molecule has 2 heterocycles. The summed E-state index contributed by atoms with van der Waals surface area (Å²) in [5, 5.41) is 0. The third-order valence-electron chi connectivity index (χ3n) is 6.97. The minimum atomic E-state index is 0.523. The van der Waals surface area contributed by atoms with Gasteiger partial charge >= 0.3 is 0 Å². The highest BCUT2D eigenvalue weighted by atomic mass is 15.2. The summed E-state index contributed by atoms with van der Waals surface area (Å²) in [4.78, 5) is 5.34. The van der Waals surface area contributed by atoms with E-state index < -0.39 is 0 Å². The summed E-state index contributed by atoms with van der Waals surface area (Å²) < 4.78 is 0. The van der Waals surface area contributed by atoms with Crippen LogP contribution in [0.25, 0.3) is 0 Å². The summed E-state index contributed by atoms with van der Waals surface area (Å²) in [7, 11) is 2.32.